The third-order valence-electron chi connectivity index (χ3n) is 2.83. The van der Waals surface area contributed by atoms with Crippen LogP contribution in [0.5, 0.6) is 0 Å². The van der Waals surface area contributed by atoms with E-state index in [9.17, 15) is 0 Å². The molecule has 0 spiro atoms. The van der Waals surface area contributed by atoms with Gasteiger partial charge < -0.3 is 11.1 Å². The predicted octanol–water partition coefficient (Wildman–Crippen LogP) is 2.27. The molecule has 0 saturated carbocycles. The van der Waals surface area contributed by atoms with Crippen molar-refractivity contribution in [2.45, 2.75) is 40.7 Å². The SMILES string of the molecule is Cc1ncc(C(N)=S)c(NC(C)C(C)(C)C)n1. The molecule has 0 bridgehead atoms. The second kappa shape index (κ2) is 4.96. The zero-order chi connectivity index (χ0) is 13.2. The molecule has 1 aromatic heterocycles. The molecule has 1 atom stereocenters. The van der Waals surface area contributed by atoms with Crippen molar-refractivity contribution in [1.29, 1.82) is 0 Å². The van der Waals surface area contributed by atoms with E-state index in [2.05, 4.69) is 43.0 Å². The van der Waals surface area contributed by atoms with Crippen LogP contribution in [0.2, 0.25) is 0 Å². The fraction of sp³-hybridized carbons (Fsp3) is 0.583. The molecule has 0 aliphatic heterocycles. The van der Waals surface area contributed by atoms with Crippen molar-refractivity contribution in [1.82, 2.24) is 9.97 Å². The number of aryl methyl sites for hydroxylation is 1. The first-order valence-electron chi connectivity index (χ1n) is 5.62. The van der Waals surface area contributed by atoms with Crippen LogP contribution in [0.3, 0.4) is 0 Å². The molecular formula is C12H20N4S. The summed E-state index contributed by atoms with van der Waals surface area (Å²) in [5.41, 5.74) is 6.49. The molecule has 4 nitrogen and oxygen atoms in total. The molecule has 0 aliphatic carbocycles. The molecule has 1 unspecified atom stereocenters. The van der Waals surface area contributed by atoms with Crippen molar-refractivity contribution in [2.75, 3.05) is 5.32 Å². The maximum Gasteiger partial charge on any atom is 0.140 e. The van der Waals surface area contributed by atoms with Gasteiger partial charge in [0.25, 0.3) is 0 Å². The normalized spacial score (nSPS) is 13.2. The van der Waals surface area contributed by atoms with E-state index >= 15 is 0 Å². The molecule has 0 radical (unpaired) electrons. The van der Waals surface area contributed by atoms with Crippen molar-refractivity contribution in [3.63, 3.8) is 0 Å². The third kappa shape index (κ3) is 3.63. The Kier molecular flexibility index (Phi) is 4.03. The number of nitrogens with zero attached hydrogens (tertiary/aromatic N) is 2. The summed E-state index contributed by atoms with van der Waals surface area (Å²) in [6.07, 6.45) is 1.67. The van der Waals surface area contributed by atoms with Gasteiger partial charge in [0.2, 0.25) is 0 Å². The summed E-state index contributed by atoms with van der Waals surface area (Å²) in [6.45, 7) is 10.5. The number of aromatic nitrogens is 2. The van der Waals surface area contributed by atoms with E-state index < -0.39 is 0 Å². The first kappa shape index (κ1) is 13.8. The van der Waals surface area contributed by atoms with Crippen LogP contribution in [0.15, 0.2) is 6.20 Å². The lowest BCUT2D eigenvalue weighted by Crippen LogP contribution is -2.32. The molecule has 1 rings (SSSR count). The highest BCUT2D eigenvalue weighted by Gasteiger charge is 2.21. The lowest BCUT2D eigenvalue weighted by molar-refractivity contribution is 0.358. The molecule has 5 heteroatoms. The van der Waals surface area contributed by atoms with Crippen molar-refractivity contribution in [3.05, 3.63) is 17.6 Å². The Morgan fingerprint density at radius 2 is 2.06 bits per heavy atom. The van der Waals surface area contributed by atoms with Gasteiger partial charge in [-0.05, 0) is 19.3 Å². The monoisotopic (exact) mass is 252 g/mol. The predicted molar refractivity (Wildman–Crippen MR) is 75.2 cm³/mol. The van der Waals surface area contributed by atoms with Crippen molar-refractivity contribution in [3.8, 4) is 0 Å². The molecule has 94 valence electrons. The van der Waals surface area contributed by atoms with Crippen LogP contribution in [0.1, 0.15) is 39.1 Å². The van der Waals surface area contributed by atoms with E-state index in [1.165, 1.54) is 0 Å². The first-order chi connectivity index (χ1) is 7.71. The molecule has 0 fully saturated rings. The van der Waals surface area contributed by atoms with Crippen molar-refractivity contribution in [2.24, 2.45) is 11.1 Å². The number of anilines is 1. The number of hydrogen-bond acceptors (Lipinski definition) is 4. The van der Waals surface area contributed by atoms with E-state index in [-0.39, 0.29) is 11.5 Å². The van der Waals surface area contributed by atoms with Crippen LogP contribution < -0.4 is 11.1 Å². The van der Waals surface area contributed by atoms with E-state index in [0.717, 1.165) is 0 Å². The summed E-state index contributed by atoms with van der Waals surface area (Å²) in [4.78, 5) is 8.78. The molecule has 0 aromatic carbocycles. The molecule has 17 heavy (non-hydrogen) atoms. The zero-order valence-corrected chi connectivity index (χ0v) is 11.9. The summed E-state index contributed by atoms with van der Waals surface area (Å²) in [6, 6.07) is 0.255. The van der Waals surface area contributed by atoms with E-state index in [1.807, 2.05) is 6.92 Å². The Balaban J connectivity index is 3.04. The standard InChI is InChI=1S/C12H20N4S/c1-7(12(3,4)5)15-11-9(10(13)17)6-14-8(2)16-11/h6-7H,1-5H3,(H2,13,17)(H,14,15,16). The van der Waals surface area contributed by atoms with Crippen LogP contribution in [-0.2, 0) is 0 Å². The molecule has 3 N–H and O–H groups in total. The Morgan fingerprint density at radius 3 is 2.53 bits per heavy atom. The van der Waals surface area contributed by atoms with Gasteiger partial charge in [-0.3, -0.25) is 0 Å². The lowest BCUT2D eigenvalue weighted by Gasteiger charge is -2.29. The molecule has 0 aliphatic rings. The van der Waals surface area contributed by atoms with Crippen molar-refractivity contribution >= 4 is 23.0 Å². The second-order valence-corrected chi connectivity index (χ2v) is 5.72. The van der Waals surface area contributed by atoms with Gasteiger partial charge in [-0.1, -0.05) is 33.0 Å². The lowest BCUT2D eigenvalue weighted by atomic mass is 9.88. The van der Waals surface area contributed by atoms with Gasteiger partial charge in [0, 0.05) is 12.2 Å². The van der Waals surface area contributed by atoms with Gasteiger partial charge in [0.05, 0.1) is 5.56 Å². The fourth-order valence-corrected chi connectivity index (χ4v) is 1.33. The molecular weight excluding hydrogens is 232 g/mol. The quantitative estimate of drug-likeness (QED) is 0.808. The van der Waals surface area contributed by atoms with Gasteiger partial charge in [-0.15, -0.1) is 0 Å². The summed E-state index contributed by atoms with van der Waals surface area (Å²) >= 11 is 5.00. The van der Waals surface area contributed by atoms with E-state index in [4.69, 9.17) is 18.0 Å². The summed E-state index contributed by atoms with van der Waals surface area (Å²) < 4.78 is 0. The van der Waals surface area contributed by atoms with Crippen molar-refractivity contribution < 1.29 is 0 Å². The smallest absolute Gasteiger partial charge is 0.140 e. The first-order valence-corrected chi connectivity index (χ1v) is 6.02. The minimum atomic E-state index is 0.131. The minimum Gasteiger partial charge on any atom is -0.389 e. The number of rotatable bonds is 3. The summed E-state index contributed by atoms with van der Waals surface area (Å²) in [7, 11) is 0. The maximum absolute atomic E-state index is 5.66. The van der Waals surface area contributed by atoms with Crippen LogP contribution in [0, 0.1) is 12.3 Å². The highest BCUT2D eigenvalue weighted by atomic mass is 32.1. The minimum absolute atomic E-state index is 0.131. The molecule has 0 saturated heterocycles. The molecule has 1 aromatic rings. The maximum atomic E-state index is 5.66. The molecule has 1 heterocycles. The van der Waals surface area contributed by atoms with Crippen LogP contribution >= 0.6 is 12.2 Å². The Morgan fingerprint density at radius 1 is 1.47 bits per heavy atom. The average molecular weight is 252 g/mol. The molecule has 0 amide bonds. The number of thiocarbonyl (C=S) groups is 1. The highest BCUT2D eigenvalue weighted by molar-refractivity contribution is 7.80. The van der Waals surface area contributed by atoms with Crippen LogP contribution in [0.25, 0.3) is 0 Å². The van der Waals surface area contributed by atoms with Crippen LogP contribution in [0.4, 0.5) is 5.82 Å². The third-order valence-corrected chi connectivity index (χ3v) is 3.05. The van der Waals surface area contributed by atoms with Gasteiger partial charge in [-0.2, -0.15) is 0 Å². The van der Waals surface area contributed by atoms with Gasteiger partial charge in [0.1, 0.15) is 16.6 Å². The summed E-state index contributed by atoms with van der Waals surface area (Å²) in [5, 5.41) is 3.35. The Labute approximate surface area is 108 Å². The van der Waals surface area contributed by atoms with Gasteiger partial charge in [0.15, 0.2) is 0 Å². The topological polar surface area (TPSA) is 63.8 Å². The largest absolute Gasteiger partial charge is 0.389 e. The van der Waals surface area contributed by atoms with Crippen LogP contribution in [-0.4, -0.2) is 21.0 Å². The van der Waals surface area contributed by atoms with E-state index in [1.54, 1.807) is 6.20 Å². The highest BCUT2D eigenvalue weighted by Crippen LogP contribution is 2.23. The zero-order valence-electron chi connectivity index (χ0n) is 11.0. The second-order valence-electron chi connectivity index (χ2n) is 5.28. The van der Waals surface area contributed by atoms with E-state index in [0.29, 0.717) is 22.2 Å². The van der Waals surface area contributed by atoms with Gasteiger partial charge in [-0.25, -0.2) is 9.97 Å². The Hall–Kier alpha value is -1.23. The summed E-state index contributed by atoms with van der Waals surface area (Å²) in [5.74, 6) is 1.42. The number of hydrogen-bond donors (Lipinski definition) is 2. The number of nitrogens with two attached hydrogens (primary N) is 1. The average Bonchev–Trinajstić information content (AvgIpc) is 2.15. The Bertz CT molecular complexity index is 423. The van der Waals surface area contributed by atoms with Gasteiger partial charge >= 0.3 is 0 Å². The fourth-order valence-electron chi connectivity index (χ4n) is 1.18. The number of nitrogens with one attached hydrogen (secondary N) is 1.